The third-order valence-electron chi connectivity index (χ3n) is 3.79. The Morgan fingerprint density at radius 1 is 1.12 bits per heavy atom. The number of sulfonamides is 1. The Hall–Kier alpha value is -2.46. The molecule has 10 heteroatoms. The first-order valence-corrected chi connectivity index (χ1v) is 9.09. The number of esters is 2. The Labute approximate surface area is 144 Å². The van der Waals surface area contributed by atoms with Crippen molar-refractivity contribution in [1.29, 1.82) is 0 Å². The Morgan fingerprint density at radius 2 is 1.72 bits per heavy atom. The van der Waals surface area contributed by atoms with E-state index >= 15 is 0 Å². The summed E-state index contributed by atoms with van der Waals surface area (Å²) in [6.07, 6.45) is 1.07. The van der Waals surface area contributed by atoms with Crippen LogP contribution in [0.5, 0.6) is 0 Å². The first kappa shape index (κ1) is 18.9. The minimum Gasteiger partial charge on any atom is -0.465 e. The summed E-state index contributed by atoms with van der Waals surface area (Å²) in [4.78, 5) is 35.7. The van der Waals surface area contributed by atoms with E-state index < -0.39 is 33.8 Å². The zero-order chi connectivity index (χ0) is 18.8. The van der Waals surface area contributed by atoms with Crippen LogP contribution in [0.2, 0.25) is 0 Å². The van der Waals surface area contributed by atoms with Crippen molar-refractivity contribution in [3.05, 3.63) is 29.3 Å². The second-order valence-electron chi connectivity index (χ2n) is 5.51. The molecule has 1 aliphatic rings. The van der Waals surface area contributed by atoms with E-state index in [1.165, 1.54) is 36.7 Å². The average molecular weight is 370 g/mol. The van der Waals surface area contributed by atoms with Gasteiger partial charge in [0.1, 0.15) is 0 Å². The number of anilines is 1. The van der Waals surface area contributed by atoms with Gasteiger partial charge in [0.2, 0.25) is 15.9 Å². The lowest BCUT2D eigenvalue weighted by atomic mass is 10.0. The van der Waals surface area contributed by atoms with Crippen LogP contribution < -0.4 is 5.32 Å². The van der Waals surface area contributed by atoms with Crippen LogP contribution in [0.15, 0.2) is 18.2 Å². The summed E-state index contributed by atoms with van der Waals surface area (Å²) < 4.78 is 33.2. The van der Waals surface area contributed by atoms with Crippen molar-refractivity contribution in [3.63, 3.8) is 0 Å². The molecule has 1 aromatic carbocycles. The van der Waals surface area contributed by atoms with E-state index in [-0.39, 0.29) is 29.9 Å². The number of hydrogen-bond donors (Lipinski definition) is 1. The molecule has 0 atom stereocenters. The molecule has 1 amide bonds. The summed E-state index contributed by atoms with van der Waals surface area (Å²) in [5.41, 5.74) is 0.317. The number of rotatable bonds is 5. The van der Waals surface area contributed by atoms with Gasteiger partial charge in [-0.25, -0.2) is 22.3 Å². The molecule has 1 heterocycles. The number of carbonyl (C=O) groups excluding carboxylic acids is 3. The van der Waals surface area contributed by atoms with E-state index in [0.717, 1.165) is 6.26 Å². The van der Waals surface area contributed by atoms with Gasteiger partial charge in [0, 0.05) is 13.1 Å². The fourth-order valence-electron chi connectivity index (χ4n) is 2.29. The van der Waals surface area contributed by atoms with Gasteiger partial charge in [-0.15, -0.1) is 0 Å². The SMILES string of the molecule is COC(=O)c1ccc(C(=O)OC)c(NC(=O)C2CN(S(C)(=O)=O)C2)c1. The van der Waals surface area contributed by atoms with E-state index in [9.17, 15) is 22.8 Å². The summed E-state index contributed by atoms with van der Waals surface area (Å²) in [5, 5.41) is 2.55. The van der Waals surface area contributed by atoms with Gasteiger partial charge in [0.25, 0.3) is 0 Å². The lowest BCUT2D eigenvalue weighted by molar-refractivity contribution is -0.122. The van der Waals surface area contributed by atoms with Crippen molar-refractivity contribution in [2.24, 2.45) is 5.92 Å². The standard InChI is InChI=1S/C15H18N2O7S/c1-23-14(19)9-4-5-11(15(20)24-2)12(6-9)16-13(18)10-7-17(8-10)25(3,21)22/h4-6,10H,7-8H2,1-3H3,(H,16,18). The van der Waals surface area contributed by atoms with Crippen molar-refractivity contribution in [2.75, 3.05) is 38.9 Å². The highest BCUT2D eigenvalue weighted by molar-refractivity contribution is 7.88. The number of methoxy groups -OCH3 is 2. The van der Waals surface area contributed by atoms with E-state index in [1.807, 2.05) is 0 Å². The Kier molecular flexibility index (Phi) is 5.43. The van der Waals surface area contributed by atoms with Gasteiger partial charge in [0.05, 0.1) is 43.2 Å². The normalized spacial score (nSPS) is 15.2. The number of hydrogen-bond acceptors (Lipinski definition) is 7. The minimum absolute atomic E-state index is 0.0644. The van der Waals surface area contributed by atoms with Crippen LogP contribution in [-0.2, 0) is 24.3 Å². The van der Waals surface area contributed by atoms with E-state index in [4.69, 9.17) is 0 Å². The smallest absolute Gasteiger partial charge is 0.339 e. The van der Waals surface area contributed by atoms with E-state index in [2.05, 4.69) is 14.8 Å². The Balaban J connectivity index is 2.20. The van der Waals surface area contributed by atoms with Crippen LogP contribution in [0.25, 0.3) is 0 Å². The molecule has 2 rings (SSSR count). The van der Waals surface area contributed by atoms with E-state index in [1.54, 1.807) is 0 Å². The Morgan fingerprint density at radius 3 is 2.24 bits per heavy atom. The predicted octanol–water partition coefficient (Wildman–Crippen LogP) is 0.0897. The molecule has 9 nitrogen and oxygen atoms in total. The number of nitrogens with zero attached hydrogens (tertiary/aromatic N) is 1. The first-order valence-electron chi connectivity index (χ1n) is 7.24. The molecule has 0 spiro atoms. The second kappa shape index (κ2) is 7.19. The highest BCUT2D eigenvalue weighted by atomic mass is 32.2. The molecule has 1 N–H and O–H groups in total. The van der Waals surface area contributed by atoms with Crippen LogP contribution >= 0.6 is 0 Å². The van der Waals surface area contributed by atoms with Gasteiger partial charge in [-0.2, -0.15) is 0 Å². The van der Waals surface area contributed by atoms with E-state index in [0.29, 0.717) is 0 Å². The van der Waals surface area contributed by atoms with Gasteiger partial charge in [-0.05, 0) is 18.2 Å². The monoisotopic (exact) mass is 370 g/mol. The van der Waals surface area contributed by atoms with Crippen molar-refractivity contribution >= 4 is 33.6 Å². The van der Waals surface area contributed by atoms with Gasteiger partial charge < -0.3 is 14.8 Å². The summed E-state index contributed by atoms with van der Waals surface area (Å²) in [6, 6.07) is 4.03. The topological polar surface area (TPSA) is 119 Å². The van der Waals surface area contributed by atoms with Crippen LogP contribution in [0.1, 0.15) is 20.7 Å². The molecule has 0 unspecified atom stereocenters. The van der Waals surface area contributed by atoms with Crippen molar-refractivity contribution in [2.45, 2.75) is 0 Å². The largest absolute Gasteiger partial charge is 0.465 e. The molecule has 25 heavy (non-hydrogen) atoms. The van der Waals surface area contributed by atoms with Crippen LogP contribution in [0.4, 0.5) is 5.69 Å². The minimum atomic E-state index is -3.33. The lowest BCUT2D eigenvalue weighted by Crippen LogP contribution is -2.53. The molecule has 0 aliphatic carbocycles. The predicted molar refractivity (Wildman–Crippen MR) is 87.7 cm³/mol. The van der Waals surface area contributed by atoms with Crippen LogP contribution in [0.3, 0.4) is 0 Å². The second-order valence-corrected chi connectivity index (χ2v) is 7.49. The molecule has 1 saturated heterocycles. The molecule has 0 saturated carbocycles. The number of amides is 1. The summed E-state index contributed by atoms with van der Waals surface area (Å²) in [7, 11) is -0.930. The van der Waals surface area contributed by atoms with Crippen LogP contribution in [-0.4, -0.2) is 64.1 Å². The number of ether oxygens (including phenoxy) is 2. The summed E-state index contributed by atoms with van der Waals surface area (Å²) in [5.74, 6) is -2.30. The Bertz CT molecular complexity index is 813. The van der Waals surface area contributed by atoms with Gasteiger partial charge in [-0.1, -0.05) is 0 Å². The maximum atomic E-state index is 12.3. The van der Waals surface area contributed by atoms with Crippen molar-refractivity contribution in [1.82, 2.24) is 4.31 Å². The highest BCUT2D eigenvalue weighted by Gasteiger charge is 2.38. The molecule has 1 aliphatic heterocycles. The maximum Gasteiger partial charge on any atom is 0.339 e. The van der Waals surface area contributed by atoms with Crippen molar-refractivity contribution < 1.29 is 32.3 Å². The molecule has 0 aromatic heterocycles. The molecule has 0 bridgehead atoms. The van der Waals surface area contributed by atoms with Crippen LogP contribution in [0, 0.1) is 5.92 Å². The number of carbonyl (C=O) groups is 3. The third kappa shape index (κ3) is 4.15. The third-order valence-corrected chi connectivity index (χ3v) is 5.03. The summed E-state index contributed by atoms with van der Waals surface area (Å²) in [6.45, 7) is 0.129. The number of nitrogens with one attached hydrogen (secondary N) is 1. The van der Waals surface area contributed by atoms with Gasteiger partial charge >= 0.3 is 11.9 Å². The lowest BCUT2D eigenvalue weighted by Gasteiger charge is -2.36. The zero-order valence-electron chi connectivity index (χ0n) is 13.9. The number of benzene rings is 1. The quantitative estimate of drug-likeness (QED) is 0.730. The molecule has 1 aromatic rings. The molecular formula is C15H18N2O7S. The summed E-state index contributed by atoms with van der Waals surface area (Å²) >= 11 is 0. The maximum absolute atomic E-state index is 12.3. The van der Waals surface area contributed by atoms with Crippen molar-refractivity contribution in [3.8, 4) is 0 Å². The fraction of sp³-hybridized carbons (Fsp3) is 0.400. The highest BCUT2D eigenvalue weighted by Crippen LogP contribution is 2.24. The first-order chi connectivity index (χ1) is 11.7. The molecular weight excluding hydrogens is 352 g/mol. The van der Waals surface area contributed by atoms with Gasteiger partial charge in [-0.3, -0.25) is 4.79 Å². The molecule has 136 valence electrons. The fourth-order valence-corrected chi connectivity index (χ4v) is 3.19. The zero-order valence-corrected chi connectivity index (χ0v) is 14.8. The van der Waals surface area contributed by atoms with Gasteiger partial charge in [0.15, 0.2) is 0 Å². The molecule has 0 radical (unpaired) electrons. The average Bonchev–Trinajstić information content (AvgIpc) is 2.50. The molecule has 1 fully saturated rings.